The van der Waals surface area contributed by atoms with Crippen molar-refractivity contribution in [1.82, 2.24) is 10.2 Å². The van der Waals surface area contributed by atoms with Crippen LogP contribution in [0.25, 0.3) is 0 Å². The van der Waals surface area contributed by atoms with E-state index in [-0.39, 0.29) is 18.2 Å². The molecule has 20 heavy (non-hydrogen) atoms. The van der Waals surface area contributed by atoms with Crippen LogP contribution in [0.1, 0.15) is 36.8 Å². The largest absolute Gasteiger partial charge is 0.352 e. The van der Waals surface area contributed by atoms with Crippen LogP contribution >= 0.6 is 0 Å². The van der Waals surface area contributed by atoms with Crippen LogP contribution in [0.2, 0.25) is 0 Å². The van der Waals surface area contributed by atoms with Gasteiger partial charge in [-0.15, -0.1) is 0 Å². The Kier molecular flexibility index (Phi) is 5.16. The van der Waals surface area contributed by atoms with Gasteiger partial charge in [-0.2, -0.15) is 0 Å². The van der Waals surface area contributed by atoms with E-state index < -0.39 is 0 Å². The van der Waals surface area contributed by atoms with Crippen molar-refractivity contribution in [1.29, 1.82) is 0 Å². The third-order valence-electron chi connectivity index (χ3n) is 3.76. The van der Waals surface area contributed by atoms with Gasteiger partial charge in [0.05, 0.1) is 0 Å². The number of piperidine rings is 1. The Labute approximate surface area is 120 Å². The minimum Gasteiger partial charge on any atom is -0.352 e. The standard InChI is InChI=1S/C16H22N2O2/c1-13-7-3-4-8-14(13)12-17-15(19)11-16(20)18-9-5-2-6-10-18/h3-4,7-8H,2,5-6,9-12H2,1H3,(H,17,19). The first-order chi connectivity index (χ1) is 9.66. The van der Waals surface area contributed by atoms with Crippen LogP contribution < -0.4 is 5.32 Å². The molecule has 1 N–H and O–H groups in total. The Balaban J connectivity index is 1.77. The van der Waals surface area contributed by atoms with Gasteiger partial charge in [-0.1, -0.05) is 24.3 Å². The molecule has 0 aromatic heterocycles. The number of aryl methyl sites for hydroxylation is 1. The fourth-order valence-corrected chi connectivity index (χ4v) is 2.46. The van der Waals surface area contributed by atoms with Gasteiger partial charge in [0.1, 0.15) is 6.42 Å². The summed E-state index contributed by atoms with van der Waals surface area (Å²) in [5.74, 6) is -0.240. The maximum absolute atomic E-state index is 12.0. The summed E-state index contributed by atoms with van der Waals surface area (Å²) < 4.78 is 0. The minimum atomic E-state index is -0.191. The summed E-state index contributed by atoms with van der Waals surface area (Å²) in [4.78, 5) is 25.6. The first kappa shape index (κ1) is 14.6. The van der Waals surface area contributed by atoms with E-state index >= 15 is 0 Å². The van der Waals surface area contributed by atoms with E-state index in [4.69, 9.17) is 0 Å². The van der Waals surface area contributed by atoms with Crippen molar-refractivity contribution < 1.29 is 9.59 Å². The van der Waals surface area contributed by atoms with Gasteiger partial charge in [-0.05, 0) is 37.3 Å². The molecule has 0 bridgehead atoms. The average molecular weight is 274 g/mol. The van der Waals surface area contributed by atoms with Gasteiger partial charge in [-0.25, -0.2) is 0 Å². The molecule has 0 atom stereocenters. The average Bonchev–Trinajstić information content (AvgIpc) is 2.47. The molecule has 0 unspecified atom stereocenters. The van der Waals surface area contributed by atoms with E-state index in [1.165, 1.54) is 6.42 Å². The Hall–Kier alpha value is -1.84. The van der Waals surface area contributed by atoms with Crippen molar-refractivity contribution in [3.63, 3.8) is 0 Å². The zero-order chi connectivity index (χ0) is 14.4. The number of carbonyl (C=O) groups is 2. The van der Waals surface area contributed by atoms with E-state index in [2.05, 4.69) is 5.32 Å². The second-order valence-electron chi connectivity index (χ2n) is 5.32. The van der Waals surface area contributed by atoms with Crippen molar-refractivity contribution in [2.75, 3.05) is 13.1 Å². The van der Waals surface area contributed by atoms with Crippen LogP contribution in [-0.2, 0) is 16.1 Å². The number of rotatable bonds is 4. The predicted octanol–water partition coefficient (Wildman–Crippen LogP) is 2.01. The molecule has 1 aromatic carbocycles. The second-order valence-corrected chi connectivity index (χ2v) is 5.32. The zero-order valence-corrected chi connectivity index (χ0v) is 12.0. The molecule has 4 nitrogen and oxygen atoms in total. The molecule has 1 aliphatic rings. The molecule has 4 heteroatoms. The third kappa shape index (κ3) is 4.08. The quantitative estimate of drug-likeness (QED) is 0.854. The summed E-state index contributed by atoms with van der Waals surface area (Å²) >= 11 is 0. The van der Waals surface area contributed by atoms with Crippen molar-refractivity contribution in [2.45, 2.75) is 39.2 Å². The highest BCUT2D eigenvalue weighted by atomic mass is 16.2. The molecule has 0 aliphatic carbocycles. The van der Waals surface area contributed by atoms with Gasteiger partial charge in [0.25, 0.3) is 0 Å². The Morgan fingerprint density at radius 3 is 2.55 bits per heavy atom. The molecule has 1 fully saturated rings. The van der Waals surface area contributed by atoms with Crippen LogP contribution in [-0.4, -0.2) is 29.8 Å². The van der Waals surface area contributed by atoms with Gasteiger partial charge in [0, 0.05) is 19.6 Å². The molecule has 0 radical (unpaired) electrons. The molecule has 108 valence electrons. The summed E-state index contributed by atoms with van der Waals surface area (Å²) in [5, 5.41) is 2.82. The van der Waals surface area contributed by atoms with E-state index in [1.807, 2.05) is 31.2 Å². The highest BCUT2D eigenvalue weighted by Crippen LogP contribution is 2.10. The number of hydrogen-bond donors (Lipinski definition) is 1. The van der Waals surface area contributed by atoms with E-state index in [0.717, 1.165) is 37.1 Å². The van der Waals surface area contributed by atoms with Crippen molar-refractivity contribution in [2.24, 2.45) is 0 Å². The SMILES string of the molecule is Cc1ccccc1CNC(=O)CC(=O)N1CCCCC1. The number of likely N-dealkylation sites (tertiary alicyclic amines) is 1. The summed E-state index contributed by atoms with van der Waals surface area (Å²) in [6, 6.07) is 7.93. The maximum Gasteiger partial charge on any atom is 0.232 e. The first-order valence-corrected chi connectivity index (χ1v) is 7.26. The lowest BCUT2D eigenvalue weighted by atomic mass is 10.1. The molecule has 0 spiro atoms. The van der Waals surface area contributed by atoms with Crippen molar-refractivity contribution >= 4 is 11.8 Å². The first-order valence-electron chi connectivity index (χ1n) is 7.26. The molecular weight excluding hydrogens is 252 g/mol. The van der Waals surface area contributed by atoms with Crippen molar-refractivity contribution in [3.8, 4) is 0 Å². The number of amides is 2. The summed E-state index contributed by atoms with van der Waals surface area (Å²) in [6.45, 7) is 4.09. The smallest absolute Gasteiger partial charge is 0.232 e. The lowest BCUT2D eigenvalue weighted by molar-refractivity contribution is -0.136. The Morgan fingerprint density at radius 2 is 1.85 bits per heavy atom. The molecule has 0 saturated carbocycles. The summed E-state index contributed by atoms with van der Waals surface area (Å²) in [5.41, 5.74) is 2.24. The van der Waals surface area contributed by atoms with Gasteiger partial charge in [0.15, 0.2) is 0 Å². The number of hydrogen-bond acceptors (Lipinski definition) is 2. The number of nitrogens with one attached hydrogen (secondary N) is 1. The third-order valence-corrected chi connectivity index (χ3v) is 3.76. The number of nitrogens with zero attached hydrogens (tertiary/aromatic N) is 1. The van der Waals surface area contributed by atoms with Crippen LogP contribution in [0.15, 0.2) is 24.3 Å². The highest BCUT2D eigenvalue weighted by Gasteiger charge is 2.18. The summed E-state index contributed by atoms with van der Waals surface area (Å²) in [6.07, 6.45) is 3.25. The molecule has 1 heterocycles. The van der Waals surface area contributed by atoms with E-state index in [9.17, 15) is 9.59 Å². The normalized spacial score (nSPS) is 14.9. The van der Waals surface area contributed by atoms with Crippen LogP contribution in [0, 0.1) is 6.92 Å². The highest BCUT2D eigenvalue weighted by molar-refractivity contribution is 5.96. The molecule has 1 aliphatic heterocycles. The van der Waals surface area contributed by atoms with Crippen LogP contribution in [0.4, 0.5) is 0 Å². The lowest BCUT2D eigenvalue weighted by Crippen LogP contribution is -2.38. The zero-order valence-electron chi connectivity index (χ0n) is 12.0. The van der Waals surface area contributed by atoms with E-state index in [1.54, 1.807) is 4.90 Å². The van der Waals surface area contributed by atoms with Gasteiger partial charge < -0.3 is 10.2 Å². The van der Waals surface area contributed by atoms with Gasteiger partial charge in [-0.3, -0.25) is 9.59 Å². The molecular formula is C16H22N2O2. The van der Waals surface area contributed by atoms with Crippen molar-refractivity contribution in [3.05, 3.63) is 35.4 Å². The molecule has 2 amide bonds. The fraction of sp³-hybridized carbons (Fsp3) is 0.500. The molecule has 2 rings (SSSR count). The maximum atomic E-state index is 12.0. The molecule has 1 aromatic rings. The predicted molar refractivity (Wildman–Crippen MR) is 78.1 cm³/mol. The molecule has 1 saturated heterocycles. The summed E-state index contributed by atoms with van der Waals surface area (Å²) in [7, 11) is 0. The van der Waals surface area contributed by atoms with Crippen LogP contribution in [0.3, 0.4) is 0 Å². The Morgan fingerprint density at radius 1 is 1.15 bits per heavy atom. The second kappa shape index (κ2) is 7.08. The van der Waals surface area contributed by atoms with E-state index in [0.29, 0.717) is 6.54 Å². The number of carbonyl (C=O) groups excluding carboxylic acids is 2. The fourth-order valence-electron chi connectivity index (χ4n) is 2.46. The van der Waals surface area contributed by atoms with Gasteiger partial charge >= 0.3 is 0 Å². The van der Waals surface area contributed by atoms with Crippen LogP contribution in [0.5, 0.6) is 0 Å². The monoisotopic (exact) mass is 274 g/mol. The van der Waals surface area contributed by atoms with Gasteiger partial charge in [0.2, 0.25) is 11.8 Å². The minimum absolute atomic E-state index is 0.0358. The topological polar surface area (TPSA) is 49.4 Å². The Bertz CT molecular complexity index is 479. The lowest BCUT2D eigenvalue weighted by Gasteiger charge is -2.26. The number of benzene rings is 1.